The van der Waals surface area contributed by atoms with Crippen LogP contribution in [0.1, 0.15) is 44.9 Å². The van der Waals surface area contributed by atoms with Gasteiger partial charge in [0.25, 0.3) is 0 Å². The van der Waals surface area contributed by atoms with Gasteiger partial charge in [0, 0.05) is 19.1 Å². The van der Waals surface area contributed by atoms with E-state index < -0.39 is 0 Å². The van der Waals surface area contributed by atoms with Gasteiger partial charge in [-0.05, 0) is 32.1 Å². The van der Waals surface area contributed by atoms with Gasteiger partial charge in [0.1, 0.15) is 0 Å². The summed E-state index contributed by atoms with van der Waals surface area (Å²) >= 11 is 0. The van der Waals surface area contributed by atoms with Crippen LogP contribution in [0, 0.1) is 5.92 Å². The van der Waals surface area contributed by atoms with Crippen LogP contribution in [0.3, 0.4) is 0 Å². The van der Waals surface area contributed by atoms with E-state index >= 15 is 0 Å². The molecule has 0 aromatic rings. The summed E-state index contributed by atoms with van der Waals surface area (Å²) in [7, 11) is 0. The predicted octanol–water partition coefficient (Wildman–Crippen LogP) is 1.22. The first kappa shape index (κ1) is 12.8. The standard InChI is InChI=1S/C13H23NO3/c15-12-6-3-4-10(12)9-14-13(16)8-11-5-1-2-7-17-11/h10-12,15H,1-9H2,(H,14,16). The second-order valence-electron chi connectivity index (χ2n) is 5.26. The third-order valence-corrected chi connectivity index (χ3v) is 3.87. The van der Waals surface area contributed by atoms with Gasteiger partial charge < -0.3 is 15.2 Å². The molecule has 0 spiro atoms. The normalized spacial score (nSPS) is 33.6. The fourth-order valence-corrected chi connectivity index (χ4v) is 2.75. The maximum atomic E-state index is 11.7. The third kappa shape index (κ3) is 3.96. The van der Waals surface area contributed by atoms with Crippen LogP contribution in [0.25, 0.3) is 0 Å². The number of nitrogens with one attached hydrogen (secondary N) is 1. The van der Waals surface area contributed by atoms with E-state index in [0.717, 1.165) is 38.7 Å². The molecule has 3 atom stereocenters. The molecule has 1 aliphatic heterocycles. The van der Waals surface area contributed by atoms with Crippen molar-refractivity contribution in [2.24, 2.45) is 5.92 Å². The average molecular weight is 241 g/mol. The molecule has 2 aliphatic rings. The van der Waals surface area contributed by atoms with Gasteiger partial charge >= 0.3 is 0 Å². The molecule has 4 nitrogen and oxygen atoms in total. The number of aliphatic hydroxyl groups excluding tert-OH is 1. The number of amides is 1. The van der Waals surface area contributed by atoms with Crippen LogP contribution in [0.4, 0.5) is 0 Å². The zero-order valence-electron chi connectivity index (χ0n) is 10.4. The van der Waals surface area contributed by atoms with E-state index in [0.29, 0.717) is 13.0 Å². The quantitative estimate of drug-likeness (QED) is 0.778. The Bertz CT molecular complexity index is 251. The zero-order chi connectivity index (χ0) is 12.1. The van der Waals surface area contributed by atoms with Crippen LogP contribution in [0.2, 0.25) is 0 Å². The zero-order valence-corrected chi connectivity index (χ0v) is 10.4. The summed E-state index contributed by atoms with van der Waals surface area (Å²) in [5, 5.41) is 12.6. The molecule has 0 radical (unpaired) electrons. The minimum atomic E-state index is -0.221. The van der Waals surface area contributed by atoms with Gasteiger partial charge in [0.05, 0.1) is 18.6 Å². The van der Waals surface area contributed by atoms with Crippen molar-refractivity contribution in [3.05, 3.63) is 0 Å². The lowest BCUT2D eigenvalue weighted by molar-refractivity contribution is -0.125. The van der Waals surface area contributed by atoms with Crippen LogP contribution in [0.5, 0.6) is 0 Å². The van der Waals surface area contributed by atoms with E-state index in [4.69, 9.17) is 4.74 Å². The summed E-state index contributed by atoms with van der Waals surface area (Å²) in [5.74, 6) is 0.322. The highest BCUT2D eigenvalue weighted by molar-refractivity contribution is 5.76. The van der Waals surface area contributed by atoms with Crippen molar-refractivity contribution in [1.29, 1.82) is 0 Å². The maximum Gasteiger partial charge on any atom is 0.222 e. The molecule has 98 valence electrons. The van der Waals surface area contributed by atoms with Gasteiger partial charge in [-0.2, -0.15) is 0 Å². The first-order chi connectivity index (χ1) is 8.25. The highest BCUT2D eigenvalue weighted by Gasteiger charge is 2.25. The molecular weight excluding hydrogens is 218 g/mol. The minimum absolute atomic E-state index is 0.0657. The number of aliphatic hydroxyl groups is 1. The summed E-state index contributed by atoms with van der Waals surface area (Å²) in [6, 6.07) is 0. The molecule has 1 saturated carbocycles. The van der Waals surface area contributed by atoms with E-state index in [1.807, 2.05) is 0 Å². The fraction of sp³-hybridized carbons (Fsp3) is 0.923. The number of hydrogen-bond acceptors (Lipinski definition) is 3. The molecule has 0 bridgehead atoms. The molecule has 1 amide bonds. The van der Waals surface area contributed by atoms with E-state index in [1.54, 1.807) is 0 Å². The Hall–Kier alpha value is -0.610. The lowest BCUT2D eigenvalue weighted by Gasteiger charge is -2.22. The molecule has 4 heteroatoms. The van der Waals surface area contributed by atoms with Crippen molar-refractivity contribution in [3.8, 4) is 0 Å². The van der Waals surface area contributed by atoms with Gasteiger partial charge in [-0.25, -0.2) is 0 Å². The van der Waals surface area contributed by atoms with Crippen LogP contribution in [-0.4, -0.2) is 36.4 Å². The molecular formula is C13H23NO3. The summed E-state index contributed by atoms with van der Waals surface area (Å²) in [6.45, 7) is 1.41. The summed E-state index contributed by atoms with van der Waals surface area (Å²) in [4.78, 5) is 11.7. The summed E-state index contributed by atoms with van der Waals surface area (Å²) in [5.41, 5.74) is 0. The molecule has 2 fully saturated rings. The Morgan fingerprint density at radius 3 is 2.76 bits per heavy atom. The van der Waals surface area contributed by atoms with Crippen LogP contribution in [-0.2, 0) is 9.53 Å². The SMILES string of the molecule is O=C(CC1CCCCO1)NCC1CCCC1O. The third-order valence-electron chi connectivity index (χ3n) is 3.87. The van der Waals surface area contributed by atoms with Crippen LogP contribution >= 0.6 is 0 Å². The Labute approximate surface area is 103 Å². The van der Waals surface area contributed by atoms with E-state index in [2.05, 4.69) is 5.32 Å². The number of rotatable bonds is 4. The summed E-state index contributed by atoms with van der Waals surface area (Å²) in [6.07, 6.45) is 6.63. The smallest absolute Gasteiger partial charge is 0.222 e. The number of ether oxygens (including phenoxy) is 1. The van der Waals surface area contributed by atoms with Crippen molar-refractivity contribution in [1.82, 2.24) is 5.32 Å². The van der Waals surface area contributed by atoms with Crippen molar-refractivity contribution in [2.45, 2.75) is 57.2 Å². The topological polar surface area (TPSA) is 58.6 Å². The number of hydrogen-bond donors (Lipinski definition) is 2. The van der Waals surface area contributed by atoms with Crippen molar-refractivity contribution >= 4 is 5.91 Å². The average Bonchev–Trinajstić information content (AvgIpc) is 2.74. The van der Waals surface area contributed by atoms with Crippen molar-refractivity contribution in [2.75, 3.05) is 13.2 Å². The maximum absolute atomic E-state index is 11.7. The van der Waals surface area contributed by atoms with Gasteiger partial charge in [0.2, 0.25) is 5.91 Å². The molecule has 1 aliphatic carbocycles. The molecule has 0 aromatic heterocycles. The fourth-order valence-electron chi connectivity index (χ4n) is 2.75. The Kier molecular flexibility index (Phi) is 4.80. The Balaban J connectivity index is 1.63. The highest BCUT2D eigenvalue weighted by atomic mass is 16.5. The lowest BCUT2D eigenvalue weighted by atomic mass is 10.0. The van der Waals surface area contributed by atoms with Crippen LogP contribution in [0.15, 0.2) is 0 Å². The first-order valence-electron chi connectivity index (χ1n) is 6.82. The molecule has 1 saturated heterocycles. The molecule has 3 unspecified atom stereocenters. The predicted molar refractivity (Wildman–Crippen MR) is 64.6 cm³/mol. The molecule has 0 aromatic carbocycles. The number of carbonyl (C=O) groups is 1. The minimum Gasteiger partial charge on any atom is -0.393 e. The van der Waals surface area contributed by atoms with Crippen LogP contribution < -0.4 is 5.32 Å². The van der Waals surface area contributed by atoms with Gasteiger partial charge in [-0.1, -0.05) is 6.42 Å². The Morgan fingerprint density at radius 1 is 1.24 bits per heavy atom. The van der Waals surface area contributed by atoms with E-state index in [1.165, 1.54) is 6.42 Å². The van der Waals surface area contributed by atoms with Crippen molar-refractivity contribution in [3.63, 3.8) is 0 Å². The monoisotopic (exact) mass is 241 g/mol. The van der Waals surface area contributed by atoms with E-state index in [9.17, 15) is 9.90 Å². The van der Waals surface area contributed by atoms with Gasteiger partial charge in [-0.3, -0.25) is 4.79 Å². The molecule has 1 heterocycles. The van der Waals surface area contributed by atoms with E-state index in [-0.39, 0.29) is 24.0 Å². The highest BCUT2D eigenvalue weighted by Crippen LogP contribution is 2.24. The molecule has 17 heavy (non-hydrogen) atoms. The molecule has 2 N–H and O–H groups in total. The Morgan fingerprint density at radius 2 is 2.12 bits per heavy atom. The molecule has 2 rings (SSSR count). The van der Waals surface area contributed by atoms with Crippen molar-refractivity contribution < 1.29 is 14.6 Å². The number of carbonyl (C=O) groups excluding carboxylic acids is 1. The second kappa shape index (κ2) is 6.36. The van der Waals surface area contributed by atoms with Gasteiger partial charge in [-0.15, -0.1) is 0 Å². The van der Waals surface area contributed by atoms with Gasteiger partial charge in [0.15, 0.2) is 0 Å². The largest absolute Gasteiger partial charge is 0.393 e. The summed E-state index contributed by atoms with van der Waals surface area (Å²) < 4.78 is 5.53. The lowest BCUT2D eigenvalue weighted by Crippen LogP contribution is -2.35. The first-order valence-corrected chi connectivity index (χ1v) is 6.82. The second-order valence-corrected chi connectivity index (χ2v) is 5.26.